The van der Waals surface area contributed by atoms with Gasteiger partial charge in [-0.2, -0.15) is 5.10 Å². The SMILES string of the molecule is CC(C)c1ccccc1OCC(=O)N/N=C/Cc1ccccc1. The third kappa shape index (κ3) is 5.58. The summed E-state index contributed by atoms with van der Waals surface area (Å²) in [7, 11) is 0. The Morgan fingerprint density at radius 2 is 1.83 bits per heavy atom. The molecule has 2 aromatic rings. The molecule has 23 heavy (non-hydrogen) atoms. The number of ether oxygens (including phenoxy) is 1. The van der Waals surface area contributed by atoms with Crippen LogP contribution in [0.15, 0.2) is 59.7 Å². The minimum Gasteiger partial charge on any atom is -0.483 e. The van der Waals surface area contributed by atoms with Crippen LogP contribution in [0.5, 0.6) is 5.75 Å². The van der Waals surface area contributed by atoms with Gasteiger partial charge in [-0.15, -0.1) is 0 Å². The maximum Gasteiger partial charge on any atom is 0.277 e. The number of hydrazone groups is 1. The summed E-state index contributed by atoms with van der Waals surface area (Å²) in [6, 6.07) is 17.7. The summed E-state index contributed by atoms with van der Waals surface area (Å²) < 4.78 is 5.59. The van der Waals surface area contributed by atoms with Crippen LogP contribution >= 0.6 is 0 Å². The highest BCUT2D eigenvalue weighted by molar-refractivity contribution is 5.78. The van der Waals surface area contributed by atoms with Crippen LogP contribution in [0.25, 0.3) is 0 Å². The van der Waals surface area contributed by atoms with Crippen molar-refractivity contribution in [2.24, 2.45) is 5.10 Å². The van der Waals surface area contributed by atoms with Gasteiger partial charge in [0.15, 0.2) is 6.61 Å². The molecule has 0 aromatic heterocycles. The van der Waals surface area contributed by atoms with Crippen LogP contribution in [0.4, 0.5) is 0 Å². The van der Waals surface area contributed by atoms with E-state index in [1.807, 2.05) is 54.6 Å². The number of benzene rings is 2. The second-order valence-electron chi connectivity index (χ2n) is 5.52. The molecule has 4 nitrogen and oxygen atoms in total. The van der Waals surface area contributed by atoms with Crippen molar-refractivity contribution in [2.75, 3.05) is 6.61 Å². The first-order chi connectivity index (χ1) is 11.2. The smallest absolute Gasteiger partial charge is 0.277 e. The lowest BCUT2D eigenvalue weighted by molar-refractivity contribution is -0.123. The lowest BCUT2D eigenvalue weighted by Gasteiger charge is -2.12. The van der Waals surface area contributed by atoms with Crippen molar-refractivity contribution in [3.8, 4) is 5.75 Å². The van der Waals surface area contributed by atoms with Crippen molar-refractivity contribution in [3.63, 3.8) is 0 Å². The van der Waals surface area contributed by atoms with Crippen LogP contribution in [0.2, 0.25) is 0 Å². The molecule has 2 aromatic carbocycles. The normalized spacial score (nSPS) is 10.9. The average molecular weight is 310 g/mol. The molecule has 0 heterocycles. The number of rotatable bonds is 7. The predicted molar refractivity (Wildman–Crippen MR) is 92.8 cm³/mol. The summed E-state index contributed by atoms with van der Waals surface area (Å²) >= 11 is 0. The first-order valence-corrected chi connectivity index (χ1v) is 7.73. The number of carbonyl (C=O) groups excluding carboxylic acids is 1. The van der Waals surface area contributed by atoms with Gasteiger partial charge >= 0.3 is 0 Å². The number of nitrogens with zero attached hydrogens (tertiary/aromatic N) is 1. The Labute approximate surface area is 137 Å². The number of amides is 1. The minimum atomic E-state index is -0.270. The molecular weight excluding hydrogens is 288 g/mol. The molecule has 1 N–H and O–H groups in total. The van der Waals surface area contributed by atoms with E-state index in [9.17, 15) is 4.79 Å². The van der Waals surface area contributed by atoms with Crippen molar-refractivity contribution in [1.29, 1.82) is 0 Å². The Kier molecular flexibility index (Phi) is 6.36. The van der Waals surface area contributed by atoms with Gasteiger partial charge in [-0.05, 0) is 23.1 Å². The fourth-order valence-electron chi connectivity index (χ4n) is 2.15. The zero-order chi connectivity index (χ0) is 16.5. The molecule has 0 aliphatic rings. The largest absolute Gasteiger partial charge is 0.483 e. The van der Waals surface area contributed by atoms with Crippen molar-refractivity contribution in [3.05, 3.63) is 65.7 Å². The van der Waals surface area contributed by atoms with Crippen molar-refractivity contribution >= 4 is 12.1 Å². The maximum atomic E-state index is 11.8. The highest BCUT2D eigenvalue weighted by atomic mass is 16.5. The Morgan fingerprint density at radius 3 is 2.57 bits per heavy atom. The topological polar surface area (TPSA) is 50.7 Å². The highest BCUT2D eigenvalue weighted by Gasteiger charge is 2.08. The highest BCUT2D eigenvalue weighted by Crippen LogP contribution is 2.25. The molecule has 0 bridgehead atoms. The first-order valence-electron chi connectivity index (χ1n) is 7.73. The van der Waals surface area contributed by atoms with E-state index in [4.69, 9.17) is 4.74 Å². The second kappa shape index (κ2) is 8.73. The molecule has 120 valence electrons. The number of carbonyl (C=O) groups is 1. The fourth-order valence-corrected chi connectivity index (χ4v) is 2.15. The van der Waals surface area contributed by atoms with Crippen molar-refractivity contribution < 1.29 is 9.53 Å². The van der Waals surface area contributed by atoms with E-state index in [-0.39, 0.29) is 12.5 Å². The standard InChI is InChI=1S/C19H22N2O2/c1-15(2)17-10-6-7-11-18(17)23-14-19(22)21-20-13-12-16-8-4-3-5-9-16/h3-11,13,15H,12,14H2,1-2H3,(H,21,22)/b20-13+. The third-order valence-corrected chi connectivity index (χ3v) is 3.35. The molecule has 0 saturated carbocycles. The van der Waals surface area contributed by atoms with Gasteiger partial charge in [0.05, 0.1) is 0 Å². The number of para-hydroxylation sites is 1. The first kappa shape index (κ1) is 16.7. The van der Waals surface area contributed by atoms with E-state index in [0.29, 0.717) is 12.3 Å². The molecule has 0 saturated heterocycles. The lowest BCUT2D eigenvalue weighted by Crippen LogP contribution is -2.25. The van der Waals surface area contributed by atoms with Gasteiger partial charge in [0.2, 0.25) is 0 Å². The van der Waals surface area contributed by atoms with Crippen LogP contribution in [0.3, 0.4) is 0 Å². The van der Waals surface area contributed by atoms with Crippen LogP contribution in [0, 0.1) is 0 Å². The zero-order valence-electron chi connectivity index (χ0n) is 13.5. The predicted octanol–water partition coefficient (Wildman–Crippen LogP) is 3.53. The average Bonchev–Trinajstić information content (AvgIpc) is 2.58. The third-order valence-electron chi connectivity index (χ3n) is 3.35. The van der Waals surface area contributed by atoms with E-state index in [0.717, 1.165) is 16.9 Å². The Bertz CT molecular complexity index is 651. The summed E-state index contributed by atoms with van der Waals surface area (Å²) in [5.74, 6) is 0.817. The zero-order valence-corrected chi connectivity index (χ0v) is 13.5. The summed E-state index contributed by atoms with van der Waals surface area (Å²) in [5, 5.41) is 3.93. The molecule has 0 unspecified atom stereocenters. The molecule has 0 atom stereocenters. The summed E-state index contributed by atoms with van der Waals surface area (Å²) in [4.78, 5) is 11.8. The molecule has 0 fully saturated rings. The molecule has 2 rings (SSSR count). The quantitative estimate of drug-likeness (QED) is 0.628. The van der Waals surface area contributed by atoms with Gasteiger partial charge in [-0.3, -0.25) is 4.79 Å². The number of hydrogen-bond acceptors (Lipinski definition) is 3. The van der Waals surface area contributed by atoms with Crippen LogP contribution in [0.1, 0.15) is 30.9 Å². The van der Waals surface area contributed by atoms with Crippen molar-refractivity contribution in [1.82, 2.24) is 5.43 Å². The summed E-state index contributed by atoms with van der Waals surface area (Å²) in [6.07, 6.45) is 2.35. The molecular formula is C19H22N2O2. The maximum absolute atomic E-state index is 11.8. The van der Waals surface area contributed by atoms with E-state index in [1.165, 1.54) is 0 Å². The van der Waals surface area contributed by atoms with E-state index < -0.39 is 0 Å². The van der Waals surface area contributed by atoms with Crippen molar-refractivity contribution in [2.45, 2.75) is 26.2 Å². The van der Waals surface area contributed by atoms with Crippen LogP contribution < -0.4 is 10.2 Å². The Hall–Kier alpha value is -2.62. The lowest BCUT2D eigenvalue weighted by atomic mass is 10.0. The Balaban J connectivity index is 1.77. The molecule has 1 amide bonds. The van der Waals surface area contributed by atoms with Gasteiger partial charge in [0, 0.05) is 12.6 Å². The monoisotopic (exact) mass is 310 g/mol. The second-order valence-corrected chi connectivity index (χ2v) is 5.52. The van der Waals surface area contributed by atoms with Gasteiger partial charge in [-0.1, -0.05) is 62.4 Å². The number of nitrogens with one attached hydrogen (secondary N) is 1. The van der Waals surface area contributed by atoms with Gasteiger partial charge in [0.1, 0.15) is 5.75 Å². The number of hydrogen-bond donors (Lipinski definition) is 1. The minimum absolute atomic E-state index is 0.0492. The molecule has 4 heteroatoms. The summed E-state index contributed by atoms with van der Waals surface area (Å²) in [6.45, 7) is 4.14. The fraction of sp³-hybridized carbons (Fsp3) is 0.263. The van der Waals surface area contributed by atoms with Gasteiger partial charge in [-0.25, -0.2) is 5.43 Å². The molecule has 0 aliphatic heterocycles. The molecule has 0 spiro atoms. The Morgan fingerprint density at radius 1 is 1.13 bits per heavy atom. The van der Waals surface area contributed by atoms with E-state index in [2.05, 4.69) is 24.4 Å². The van der Waals surface area contributed by atoms with Crippen LogP contribution in [-0.4, -0.2) is 18.7 Å². The van der Waals surface area contributed by atoms with Crippen LogP contribution in [-0.2, 0) is 11.2 Å². The van der Waals surface area contributed by atoms with Gasteiger partial charge < -0.3 is 4.74 Å². The van der Waals surface area contributed by atoms with E-state index >= 15 is 0 Å². The molecule has 0 radical (unpaired) electrons. The molecule has 0 aliphatic carbocycles. The summed E-state index contributed by atoms with van der Waals surface area (Å²) in [5.41, 5.74) is 4.71. The van der Waals surface area contributed by atoms with Gasteiger partial charge in [0.25, 0.3) is 5.91 Å². The van der Waals surface area contributed by atoms with E-state index in [1.54, 1.807) is 6.21 Å².